The molecule has 6 heteroatoms. The van der Waals surface area contributed by atoms with Crippen LogP contribution in [0.2, 0.25) is 0 Å². The van der Waals surface area contributed by atoms with Gasteiger partial charge in [-0.3, -0.25) is 9.59 Å². The SMILES string of the molecule is CN(C)C(=O)c1ccc(NC(=O)COc2ccc(Oc3ccccc3)cc2)cc1. The lowest BCUT2D eigenvalue weighted by atomic mass is 10.2. The smallest absolute Gasteiger partial charge is 0.262 e. The topological polar surface area (TPSA) is 67.9 Å². The molecule has 0 bridgehead atoms. The number of rotatable bonds is 7. The Hall–Kier alpha value is -3.80. The Morgan fingerprint density at radius 2 is 1.38 bits per heavy atom. The van der Waals surface area contributed by atoms with Crippen LogP contribution in [0.3, 0.4) is 0 Å². The highest BCUT2D eigenvalue weighted by molar-refractivity contribution is 5.95. The summed E-state index contributed by atoms with van der Waals surface area (Å²) in [4.78, 5) is 25.5. The summed E-state index contributed by atoms with van der Waals surface area (Å²) in [6.07, 6.45) is 0. The minimum absolute atomic E-state index is 0.0918. The van der Waals surface area contributed by atoms with E-state index >= 15 is 0 Å². The average Bonchev–Trinajstić information content (AvgIpc) is 2.74. The molecule has 3 aromatic carbocycles. The molecule has 0 fully saturated rings. The molecular weight excluding hydrogens is 368 g/mol. The molecule has 148 valence electrons. The summed E-state index contributed by atoms with van der Waals surface area (Å²) < 4.78 is 11.2. The first-order valence-corrected chi connectivity index (χ1v) is 9.08. The van der Waals surface area contributed by atoms with Crippen molar-refractivity contribution in [1.82, 2.24) is 4.90 Å². The third-order valence-electron chi connectivity index (χ3n) is 3.99. The molecule has 29 heavy (non-hydrogen) atoms. The van der Waals surface area contributed by atoms with E-state index in [1.54, 1.807) is 62.6 Å². The summed E-state index contributed by atoms with van der Waals surface area (Å²) in [5, 5.41) is 2.74. The lowest BCUT2D eigenvalue weighted by molar-refractivity contribution is -0.118. The second-order valence-corrected chi connectivity index (χ2v) is 6.50. The first-order chi connectivity index (χ1) is 14.0. The fourth-order valence-corrected chi connectivity index (χ4v) is 2.53. The number of para-hydroxylation sites is 1. The van der Waals surface area contributed by atoms with Crippen molar-refractivity contribution in [3.63, 3.8) is 0 Å². The van der Waals surface area contributed by atoms with Gasteiger partial charge in [0.2, 0.25) is 0 Å². The lowest BCUT2D eigenvalue weighted by Crippen LogP contribution is -2.22. The molecule has 0 atom stereocenters. The fraction of sp³-hybridized carbons (Fsp3) is 0.130. The maximum absolute atomic E-state index is 12.1. The summed E-state index contributed by atoms with van der Waals surface area (Å²) in [5.41, 5.74) is 1.16. The predicted molar refractivity (Wildman–Crippen MR) is 112 cm³/mol. The van der Waals surface area contributed by atoms with E-state index in [4.69, 9.17) is 9.47 Å². The maximum Gasteiger partial charge on any atom is 0.262 e. The Morgan fingerprint density at radius 1 is 0.793 bits per heavy atom. The highest BCUT2D eigenvalue weighted by atomic mass is 16.5. The van der Waals surface area contributed by atoms with Crippen molar-refractivity contribution in [2.75, 3.05) is 26.0 Å². The molecule has 3 rings (SSSR count). The van der Waals surface area contributed by atoms with Gasteiger partial charge in [0.1, 0.15) is 17.2 Å². The molecule has 1 N–H and O–H groups in total. The van der Waals surface area contributed by atoms with Crippen molar-refractivity contribution in [3.05, 3.63) is 84.4 Å². The van der Waals surface area contributed by atoms with Gasteiger partial charge in [-0.2, -0.15) is 0 Å². The molecule has 0 spiro atoms. The quantitative estimate of drug-likeness (QED) is 0.657. The van der Waals surface area contributed by atoms with Crippen molar-refractivity contribution < 1.29 is 19.1 Å². The van der Waals surface area contributed by atoms with Crippen molar-refractivity contribution in [2.24, 2.45) is 0 Å². The van der Waals surface area contributed by atoms with Crippen LogP contribution in [-0.4, -0.2) is 37.4 Å². The third kappa shape index (κ3) is 5.84. The fourth-order valence-electron chi connectivity index (χ4n) is 2.53. The van der Waals surface area contributed by atoms with Crippen LogP contribution in [0, 0.1) is 0 Å². The Kier molecular flexibility index (Phi) is 6.47. The molecule has 0 aliphatic rings. The van der Waals surface area contributed by atoms with E-state index in [-0.39, 0.29) is 18.4 Å². The van der Waals surface area contributed by atoms with Gasteiger partial charge in [-0.15, -0.1) is 0 Å². The molecule has 0 heterocycles. The molecule has 2 amide bonds. The second-order valence-electron chi connectivity index (χ2n) is 6.50. The number of amides is 2. The minimum Gasteiger partial charge on any atom is -0.484 e. The minimum atomic E-state index is -0.290. The Morgan fingerprint density at radius 3 is 2.00 bits per heavy atom. The van der Waals surface area contributed by atoms with Gasteiger partial charge in [0, 0.05) is 25.3 Å². The van der Waals surface area contributed by atoms with Crippen LogP contribution in [0.15, 0.2) is 78.9 Å². The van der Waals surface area contributed by atoms with Crippen LogP contribution in [0.5, 0.6) is 17.2 Å². The second kappa shape index (κ2) is 9.41. The van der Waals surface area contributed by atoms with Crippen LogP contribution in [-0.2, 0) is 4.79 Å². The number of anilines is 1. The van der Waals surface area contributed by atoms with E-state index in [0.717, 1.165) is 5.75 Å². The summed E-state index contributed by atoms with van der Waals surface area (Å²) >= 11 is 0. The molecule has 0 aromatic heterocycles. The van der Waals surface area contributed by atoms with Gasteiger partial charge in [-0.1, -0.05) is 18.2 Å². The van der Waals surface area contributed by atoms with E-state index in [0.29, 0.717) is 22.7 Å². The molecule has 0 aliphatic heterocycles. The summed E-state index contributed by atoms with van der Waals surface area (Å²) in [7, 11) is 3.38. The molecule has 6 nitrogen and oxygen atoms in total. The van der Waals surface area contributed by atoms with Gasteiger partial charge in [-0.25, -0.2) is 0 Å². The van der Waals surface area contributed by atoms with Crippen LogP contribution in [0.4, 0.5) is 5.69 Å². The van der Waals surface area contributed by atoms with Crippen LogP contribution in [0.1, 0.15) is 10.4 Å². The predicted octanol–water partition coefficient (Wildman–Crippen LogP) is 4.20. The Bertz CT molecular complexity index is 952. The molecule has 3 aromatic rings. The summed E-state index contributed by atoms with van der Waals surface area (Å²) in [6, 6.07) is 23.2. The standard InChI is InChI=1S/C23H22N2O4/c1-25(2)23(27)17-8-10-18(11-9-17)24-22(26)16-28-19-12-14-21(15-13-19)29-20-6-4-3-5-7-20/h3-15H,16H2,1-2H3,(H,24,26). The first-order valence-electron chi connectivity index (χ1n) is 9.08. The molecule has 0 saturated heterocycles. The van der Waals surface area contributed by atoms with Crippen molar-refractivity contribution >= 4 is 17.5 Å². The van der Waals surface area contributed by atoms with Gasteiger partial charge >= 0.3 is 0 Å². The van der Waals surface area contributed by atoms with Crippen molar-refractivity contribution in [2.45, 2.75) is 0 Å². The van der Waals surface area contributed by atoms with Gasteiger partial charge in [0.15, 0.2) is 6.61 Å². The Balaban J connectivity index is 1.48. The molecular formula is C23H22N2O4. The first kappa shape index (κ1) is 19.9. The zero-order chi connectivity index (χ0) is 20.6. The normalized spacial score (nSPS) is 10.1. The number of nitrogens with one attached hydrogen (secondary N) is 1. The molecule has 0 aliphatic carbocycles. The average molecular weight is 390 g/mol. The Labute approximate surface area is 169 Å². The number of hydrogen-bond donors (Lipinski definition) is 1. The largest absolute Gasteiger partial charge is 0.484 e. The maximum atomic E-state index is 12.1. The van der Waals surface area contributed by atoms with Gasteiger partial charge < -0.3 is 19.7 Å². The summed E-state index contributed by atoms with van der Waals surface area (Å²) in [6.45, 7) is -0.128. The number of carbonyl (C=O) groups is 2. The third-order valence-corrected chi connectivity index (χ3v) is 3.99. The van der Waals surface area contributed by atoms with E-state index in [9.17, 15) is 9.59 Å². The number of carbonyl (C=O) groups excluding carboxylic acids is 2. The monoisotopic (exact) mass is 390 g/mol. The van der Waals surface area contributed by atoms with Crippen molar-refractivity contribution in [1.29, 1.82) is 0 Å². The zero-order valence-electron chi connectivity index (χ0n) is 16.3. The molecule has 0 radical (unpaired) electrons. The number of hydrogen-bond acceptors (Lipinski definition) is 4. The van der Waals surface area contributed by atoms with Crippen molar-refractivity contribution in [3.8, 4) is 17.2 Å². The van der Waals surface area contributed by atoms with Crippen LogP contribution >= 0.6 is 0 Å². The lowest BCUT2D eigenvalue weighted by Gasteiger charge is -2.11. The van der Waals surface area contributed by atoms with Gasteiger partial charge in [0.25, 0.3) is 11.8 Å². The summed E-state index contributed by atoms with van der Waals surface area (Å²) in [5.74, 6) is 1.61. The number of nitrogens with zero attached hydrogens (tertiary/aromatic N) is 1. The highest BCUT2D eigenvalue weighted by Crippen LogP contribution is 2.23. The van der Waals surface area contributed by atoms with E-state index in [2.05, 4.69) is 5.32 Å². The van der Waals surface area contributed by atoms with Gasteiger partial charge in [0.05, 0.1) is 0 Å². The zero-order valence-corrected chi connectivity index (χ0v) is 16.3. The van der Waals surface area contributed by atoms with E-state index in [1.165, 1.54) is 4.90 Å². The molecule has 0 saturated carbocycles. The van der Waals surface area contributed by atoms with E-state index in [1.807, 2.05) is 30.3 Å². The number of benzene rings is 3. The van der Waals surface area contributed by atoms with Gasteiger partial charge in [-0.05, 0) is 60.7 Å². The van der Waals surface area contributed by atoms with E-state index < -0.39 is 0 Å². The molecule has 0 unspecified atom stereocenters. The van der Waals surface area contributed by atoms with Crippen LogP contribution < -0.4 is 14.8 Å². The highest BCUT2D eigenvalue weighted by Gasteiger charge is 2.09. The number of ether oxygens (including phenoxy) is 2. The van der Waals surface area contributed by atoms with Crippen LogP contribution in [0.25, 0.3) is 0 Å².